The lowest BCUT2D eigenvalue weighted by Gasteiger charge is -2.14. The normalized spacial score (nSPS) is 14.7. The third-order valence-electron chi connectivity index (χ3n) is 3.54. The zero-order valence-electron chi connectivity index (χ0n) is 12.4. The summed E-state index contributed by atoms with van der Waals surface area (Å²) in [5, 5.41) is 12.4. The number of likely N-dealkylation sites (tertiary alicyclic amines) is 1. The predicted molar refractivity (Wildman–Crippen MR) is 85.0 cm³/mol. The fourth-order valence-corrected chi connectivity index (χ4v) is 2.35. The second-order valence-corrected chi connectivity index (χ2v) is 5.28. The zero-order valence-corrected chi connectivity index (χ0v) is 12.4. The van der Waals surface area contributed by atoms with Gasteiger partial charge in [-0.25, -0.2) is 0 Å². The van der Waals surface area contributed by atoms with Crippen molar-refractivity contribution in [1.82, 2.24) is 10.2 Å². The summed E-state index contributed by atoms with van der Waals surface area (Å²) in [7, 11) is 0. The number of hydrogen-bond acceptors (Lipinski definition) is 4. The number of hydrogen-bond donors (Lipinski definition) is 3. The molecule has 0 aromatic heterocycles. The number of nitrogen functional groups attached to an aromatic ring is 1. The van der Waals surface area contributed by atoms with Crippen LogP contribution >= 0.6 is 0 Å². The fraction of sp³-hybridized carbons (Fsp3) is 0.375. The molecular weight excluding hydrogens is 282 g/mol. The molecule has 4 N–H and O–H groups in total. The van der Waals surface area contributed by atoms with Crippen LogP contribution < -0.4 is 11.1 Å². The largest absolute Gasteiger partial charge is 0.507 e. The molecule has 6 nitrogen and oxygen atoms in total. The molecule has 1 saturated heterocycles. The summed E-state index contributed by atoms with van der Waals surface area (Å²) in [6.07, 6.45) is 5.17. The summed E-state index contributed by atoms with van der Waals surface area (Å²) < 4.78 is 0. The number of anilines is 1. The Balaban J connectivity index is 1.72. The molecule has 6 heteroatoms. The molecular formula is C16H21N3O3. The van der Waals surface area contributed by atoms with E-state index in [1.54, 1.807) is 12.1 Å². The van der Waals surface area contributed by atoms with Crippen LogP contribution in [0.3, 0.4) is 0 Å². The number of phenolic OH excluding ortho intramolecular Hbond substituents is 1. The van der Waals surface area contributed by atoms with Crippen LogP contribution in [0.25, 0.3) is 6.08 Å². The maximum Gasteiger partial charge on any atom is 0.244 e. The van der Waals surface area contributed by atoms with E-state index in [2.05, 4.69) is 5.32 Å². The van der Waals surface area contributed by atoms with E-state index in [1.165, 1.54) is 18.2 Å². The minimum atomic E-state index is -0.241. The van der Waals surface area contributed by atoms with Crippen molar-refractivity contribution >= 4 is 23.6 Å². The molecule has 2 rings (SSSR count). The summed E-state index contributed by atoms with van der Waals surface area (Å²) in [6.45, 7) is 2.01. The first-order valence-electron chi connectivity index (χ1n) is 7.38. The summed E-state index contributed by atoms with van der Waals surface area (Å²) >= 11 is 0. The van der Waals surface area contributed by atoms with Crippen molar-refractivity contribution in [2.24, 2.45) is 0 Å². The number of carbonyl (C=O) groups excluding carboxylic acids is 2. The molecule has 118 valence electrons. The molecule has 0 bridgehead atoms. The zero-order chi connectivity index (χ0) is 15.9. The first-order chi connectivity index (χ1) is 10.6. The van der Waals surface area contributed by atoms with Crippen LogP contribution in [0.1, 0.15) is 24.8 Å². The number of nitrogens with one attached hydrogen (secondary N) is 1. The molecule has 0 radical (unpaired) electrons. The van der Waals surface area contributed by atoms with Gasteiger partial charge in [-0.2, -0.15) is 0 Å². The van der Waals surface area contributed by atoms with E-state index in [1.807, 2.05) is 4.90 Å². The highest BCUT2D eigenvalue weighted by atomic mass is 16.3. The second-order valence-electron chi connectivity index (χ2n) is 5.28. The topological polar surface area (TPSA) is 95.7 Å². The quantitative estimate of drug-likeness (QED) is 0.317. The monoisotopic (exact) mass is 303 g/mol. The van der Waals surface area contributed by atoms with Crippen molar-refractivity contribution in [2.75, 3.05) is 25.4 Å². The van der Waals surface area contributed by atoms with Gasteiger partial charge in [-0.1, -0.05) is 0 Å². The molecule has 1 aliphatic rings. The second kappa shape index (κ2) is 7.49. The Kier molecular flexibility index (Phi) is 5.41. The molecule has 22 heavy (non-hydrogen) atoms. The van der Waals surface area contributed by atoms with E-state index in [-0.39, 0.29) is 17.6 Å². The van der Waals surface area contributed by atoms with Crippen LogP contribution in [0.2, 0.25) is 0 Å². The summed E-state index contributed by atoms with van der Waals surface area (Å²) in [5.74, 6) is 0.0312. The van der Waals surface area contributed by atoms with Crippen molar-refractivity contribution in [1.29, 1.82) is 0 Å². The number of benzene rings is 1. The molecule has 0 aliphatic carbocycles. The van der Waals surface area contributed by atoms with Gasteiger partial charge in [0, 0.05) is 43.4 Å². The number of phenols is 1. The minimum absolute atomic E-state index is 0.0748. The third-order valence-corrected chi connectivity index (χ3v) is 3.54. The minimum Gasteiger partial charge on any atom is -0.507 e. The van der Waals surface area contributed by atoms with Gasteiger partial charge >= 0.3 is 0 Å². The molecule has 0 unspecified atom stereocenters. The Bertz CT molecular complexity index is 584. The number of nitrogens with zero attached hydrogens (tertiary/aromatic N) is 1. The van der Waals surface area contributed by atoms with Crippen LogP contribution in [0, 0.1) is 0 Å². The molecule has 1 aliphatic heterocycles. The SMILES string of the molecule is Nc1ccc(O)c(C=CC(=O)NCCCN2CCCC2=O)c1. The molecule has 1 heterocycles. The molecule has 1 aromatic rings. The lowest BCUT2D eigenvalue weighted by molar-refractivity contribution is -0.127. The van der Waals surface area contributed by atoms with E-state index in [0.717, 1.165) is 19.4 Å². The predicted octanol–water partition coefficient (Wildman–Crippen LogP) is 1.12. The van der Waals surface area contributed by atoms with Gasteiger partial charge in [0.15, 0.2) is 0 Å². The van der Waals surface area contributed by atoms with Crippen molar-refractivity contribution in [3.05, 3.63) is 29.8 Å². The van der Waals surface area contributed by atoms with Crippen LogP contribution in [-0.2, 0) is 9.59 Å². The van der Waals surface area contributed by atoms with E-state index in [0.29, 0.717) is 30.8 Å². The average molecular weight is 303 g/mol. The Morgan fingerprint density at radius 3 is 3.00 bits per heavy atom. The van der Waals surface area contributed by atoms with Gasteiger partial charge in [0.2, 0.25) is 11.8 Å². The molecule has 0 saturated carbocycles. The van der Waals surface area contributed by atoms with Gasteiger partial charge in [-0.05, 0) is 37.1 Å². The summed E-state index contributed by atoms with van der Waals surface area (Å²) in [6, 6.07) is 4.67. The Morgan fingerprint density at radius 2 is 2.27 bits per heavy atom. The van der Waals surface area contributed by atoms with E-state index in [9.17, 15) is 14.7 Å². The van der Waals surface area contributed by atoms with Gasteiger partial charge in [-0.15, -0.1) is 0 Å². The average Bonchev–Trinajstić information content (AvgIpc) is 2.90. The molecule has 0 spiro atoms. The Labute approximate surface area is 129 Å². The first kappa shape index (κ1) is 15.9. The van der Waals surface area contributed by atoms with Gasteiger partial charge in [0.05, 0.1) is 0 Å². The lowest BCUT2D eigenvalue weighted by Crippen LogP contribution is -2.29. The van der Waals surface area contributed by atoms with E-state index < -0.39 is 0 Å². The van der Waals surface area contributed by atoms with Crippen LogP contribution in [-0.4, -0.2) is 41.5 Å². The lowest BCUT2D eigenvalue weighted by atomic mass is 10.1. The van der Waals surface area contributed by atoms with Crippen molar-refractivity contribution < 1.29 is 14.7 Å². The summed E-state index contributed by atoms with van der Waals surface area (Å²) in [5.41, 5.74) is 6.64. The van der Waals surface area contributed by atoms with Gasteiger partial charge in [-0.3, -0.25) is 9.59 Å². The highest BCUT2D eigenvalue weighted by Gasteiger charge is 2.18. The van der Waals surface area contributed by atoms with Crippen LogP contribution in [0.15, 0.2) is 24.3 Å². The number of rotatable bonds is 6. The molecule has 0 atom stereocenters. The number of aromatic hydroxyl groups is 1. The Hall–Kier alpha value is -2.50. The Morgan fingerprint density at radius 1 is 1.45 bits per heavy atom. The fourth-order valence-electron chi connectivity index (χ4n) is 2.35. The highest BCUT2D eigenvalue weighted by molar-refractivity contribution is 5.92. The number of nitrogens with two attached hydrogens (primary N) is 1. The maximum absolute atomic E-state index is 11.7. The van der Waals surface area contributed by atoms with E-state index >= 15 is 0 Å². The van der Waals surface area contributed by atoms with Crippen molar-refractivity contribution in [3.63, 3.8) is 0 Å². The van der Waals surface area contributed by atoms with Crippen LogP contribution in [0.5, 0.6) is 5.75 Å². The van der Waals surface area contributed by atoms with Gasteiger partial charge in [0.25, 0.3) is 0 Å². The smallest absolute Gasteiger partial charge is 0.244 e. The van der Waals surface area contributed by atoms with Crippen LogP contribution in [0.4, 0.5) is 5.69 Å². The standard InChI is InChI=1S/C16H21N3O3/c17-13-5-6-14(20)12(11-13)4-7-15(21)18-8-2-10-19-9-1-3-16(19)22/h4-7,11,20H,1-3,8-10,17H2,(H,18,21). The molecule has 2 amide bonds. The van der Waals surface area contributed by atoms with Gasteiger partial charge in [0.1, 0.15) is 5.75 Å². The molecule has 1 fully saturated rings. The number of amides is 2. The molecule has 1 aromatic carbocycles. The van der Waals surface area contributed by atoms with Crippen molar-refractivity contribution in [3.8, 4) is 5.75 Å². The first-order valence-corrected chi connectivity index (χ1v) is 7.38. The third kappa shape index (κ3) is 4.51. The highest BCUT2D eigenvalue weighted by Crippen LogP contribution is 2.20. The van der Waals surface area contributed by atoms with Gasteiger partial charge < -0.3 is 21.1 Å². The maximum atomic E-state index is 11.7. The number of carbonyl (C=O) groups is 2. The van der Waals surface area contributed by atoms with Crippen molar-refractivity contribution in [2.45, 2.75) is 19.3 Å². The summed E-state index contributed by atoms with van der Waals surface area (Å²) in [4.78, 5) is 24.9. The van der Waals surface area contributed by atoms with E-state index in [4.69, 9.17) is 5.73 Å².